The molecule has 19 heavy (non-hydrogen) atoms. The van der Waals surface area contributed by atoms with Crippen LogP contribution >= 0.6 is 11.6 Å². The first kappa shape index (κ1) is 13.8. The highest BCUT2D eigenvalue weighted by atomic mass is 35.5. The number of fused-ring (bicyclic) bond motifs is 1. The molecule has 1 heterocycles. The fourth-order valence-corrected chi connectivity index (χ4v) is 2.39. The molecular weight excluding hydrogens is 270 g/mol. The Morgan fingerprint density at radius 2 is 2.21 bits per heavy atom. The molecule has 0 N–H and O–H groups in total. The molecule has 2 rings (SSSR count). The number of anilines is 1. The molecule has 1 aromatic rings. The number of halogens is 1. The van der Waals surface area contributed by atoms with Crippen LogP contribution in [0.15, 0.2) is 6.07 Å². The Labute approximate surface area is 117 Å². The van der Waals surface area contributed by atoms with E-state index >= 15 is 0 Å². The van der Waals surface area contributed by atoms with Gasteiger partial charge in [0.2, 0.25) is 0 Å². The molecule has 0 unspecified atom stereocenters. The zero-order chi connectivity index (χ0) is 14.0. The van der Waals surface area contributed by atoms with Gasteiger partial charge in [-0.1, -0.05) is 11.6 Å². The van der Waals surface area contributed by atoms with Crippen LogP contribution in [0.4, 0.5) is 5.69 Å². The lowest BCUT2D eigenvalue weighted by Crippen LogP contribution is -2.18. The second-order valence-corrected chi connectivity index (χ2v) is 4.64. The van der Waals surface area contributed by atoms with E-state index in [0.717, 1.165) is 18.7 Å². The molecule has 0 fully saturated rings. The summed E-state index contributed by atoms with van der Waals surface area (Å²) >= 11 is 6.17. The quantitative estimate of drug-likeness (QED) is 0.781. The molecular formula is C13H16ClNO4. The van der Waals surface area contributed by atoms with Crippen molar-refractivity contribution in [1.29, 1.82) is 0 Å². The molecule has 0 saturated carbocycles. The van der Waals surface area contributed by atoms with Gasteiger partial charge in [0, 0.05) is 13.6 Å². The van der Waals surface area contributed by atoms with E-state index in [4.69, 9.17) is 25.8 Å². The molecule has 0 amide bonds. The molecule has 1 aliphatic rings. The lowest BCUT2D eigenvalue weighted by atomic mass is 10.1. The highest BCUT2D eigenvalue weighted by Gasteiger charge is 2.28. The van der Waals surface area contributed by atoms with E-state index in [1.165, 1.54) is 14.2 Å². The second kappa shape index (κ2) is 5.57. The van der Waals surface area contributed by atoms with Gasteiger partial charge in [0.1, 0.15) is 5.56 Å². The highest BCUT2D eigenvalue weighted by molar-refractivity contribution is 6.33. The molecule has 0 spiro atoms. The Hall–Kier alpha value is -1.62. The van der Waals surface area contributed by atoms with Crippen molar-refractivity contribution < 1.29 is 19.0 Å². The van der Waals surface area contributed by atoms with Gasteiger partial charge in [0.05, 0.1) is 31.5 Å². The Balaban J connectivity index is 2.70. The van der Waals surface area contributed by atoms with Gasteiger partial charge in [0.25, 0.3) is 0 Å². The number of rotatable bonds is 2. The predicted octanol–water partition coefficient (Wildman–Crippen LogP) is 2.35. The monoisotopic (exact) mass is 285 g/mol. The average Bonchev–Trinajstić information content (AvgIpc) is 2.59. The topological polar surface area (TPSA) is 48.0 Å². The van der Waals surface area contributed by atoms with Crippen LogP contribution in [0.3, 0.4) is 0 Å². The minimum absolute atomic E-state index is 0.237. The van der Waals surface area contributed by atoms with Crippen molar-refractivity contribution in [2.75, 3.05) is 39.3 Å². The summed E-state index contributed by atoms with van der Waals surface area (Å²) in [6, 6.07) is 1.74. The predicted molar refractivity (Wildman–Crippen MR) is 72.7 cm³/mol. The molecule has 0 bridgehead atoms. The maximum Gasteiger partial charge on any atom is 0.345 e. The molecule has 0 saturated heterocycles. The summed E-state index contributed by atoms with van der Waals surface area (Å²) in [5, 5.41) is 0.360. The minimum Gasteiger partial charge on any atom is -0.494 e. The molecule has 1 aliphatic heterocycles. The molecule has 5 nitrogen and oxygen atoms in total. The second-order valence-electron chi connectivity index (χ2n) is 4.23. The molecule has 0 atom stereocenters. The van der Waals surface area contributed by atoms with Gasteiger partial charge in [-0.15, -0.1) is 0 Å². The normalized spacial score (nSPS) is 14.2. The van der Waals surface area contributed by atoms with Crippen LogP contribution in [-0.2, 0) is 4.74 Å². The summed E-state index contributed by atoms with van der Waals surface area (Å²) in [6.07, 6.45) is 0.867. The number of nitrogens with zero attached hydrogens (tertiary/aromatic N) is 1. The van der Waals surface area contributed by atoms with E-state index in [2.05, 4.69) is 0 Å². The van der Waals surface area contributed by atoms with Gasteiger partial charge in [-0.2, -0.15) is 0 Å². The maximum atomic E-state index is 12.0. The largest absolute Gasteiger partial charge is 0.494 e. The van der Waals surface area contributed by atoms with Crippen molar-refractivity contribution in [3.8, 4) is 11.5 Å². The van der Waals surface area contributed by atoms with Crippen LogP contribution in [0, 0.1) is 0 Å². The van der Waals surface area contributed by atoms with Crippen LogP contribution in [0.25, 0.3) is 0 Å². The smallest absolute Gasteiger partial charge is 0.345 e. The van der Waals surface area contributed by atoms with Crippen LogP contribution in [-0.4, -0.2) is 40.4 Å². The number of carbonyl (C=O) groups is 1. The SMILES string of the molecule is COC(=O)c1c(OC)c(Cl)cc2c1OCCCN2C. The lowest BCUT2D eigenvalue weighted by molar-refractivity contribution is 0.0592. The summed E-state index contributed by atoms with van der Waals surface area (Å²) in [7, 11) is 4.70. The summed E-state index contributed by atoms with van der Waals surface area (Å²) in [5.41, 5.74) is 1.00. The number of carbonyl (C=O) groups excluding carboxylic acids is 1. The van der Waals surface area contributed by atoms with Gasteiger partial charge in [0.15, 0.2) is 11.5 Å². The van der Waals surface area contributed by atoms with Crippen LogP contribution in [0.5, 0.6) is 11.5 Å². The average molecular weight is 286 g/mol. The Morgan fingerprint density at radius 1 is 1.47 bits per heavy atom. The Morgan fingerprint density at radius 3 is 2.84 bits per heavy atom. The van der Waals surface area contributed by atoms with Crippen molar-refractivity contribution in [2.24, 2.45) is 0 Å². The molecule has 1 aromatic carbocycles. The van der Waals surface area contributed by atoms with E-state index < -0.39 is 5.97 Å². The van der Waals surface area contributed by atoms with E-state index in [9.17, 15) is 4.79 Å². The first-order valence-corrected chi connectivity index (χ1v) is 6.30. The van der Waals surface area contributed by atoms with Gasteiger partial charge >= 0.3 is 5.97 Å². The number of benzene rings is 1. The number of esters is 1. The van der Waals surface area contributed by atoms with Crippen LogP contribution in [0.2, 0.25) is 5.02 Å². The lowest BCUT2D eigenvalue weighted by Gasteiger charge is -2.21. The summed E-state index contributed by atoms with van der Waals surface area (Å²) in [4.78, 5) is 14.0. The van der Waals surface area contributed by atoms with Gasteiger partial charge in [-0.3, -0.25) is 0 Å². The maximum absolute atomic E-state index is 12.0. The third-order valence-corrected chi connectivity index (χ3v) is 3.34. The highest BCUT2D eigenvalue weighted by Crippen LogP contribution is 2.44. The molecule has 0 aliphatic carbocycles. The zero-order valence-electron chi connectivity index (χ0n) is 11.2. The van der Waals surface area contributed by atoms with Crippen molar-refractivity contribution in [3.05, 3.63) is 16.7 Å². The Kier molecular flexibility index (Phi) is 4.04. The van der Waals surface area contributed by atoms with E-state index in [1.807, 2.05) is 11.9 Å². The summed E-state index contributed by atoms with van der Waals surface area (Å²) in [6.45, 7) is 1.36. The van der Waals surface area contributed by atoms with Gasteiger partial charge < -0.3 is 19.1 Å². The standard InChI is InChI=1S/C13H16ClNO4/c1-15-5-4-6-19-12-9(15)7-8(14)11(17-2)10(12)13(16)18-3/h7H,4-6H2,1-3H3. The third-order valence-electron chi connectivity index (χ3n) is 3.06. The first-order chi connectivity index (χ1) is 9.10. The van der Waals surface area contributed by atoms with E-state index in [-0.39, 0.29) is 11.3 Å². The van der Waals surface area contributed by atoms with Crippen LogP contribution in [0.1, 0.15) is 16.8 Å². The fourth-order valence-electron chi connectivity index (χ4n) is 2.11. The number of ether oxygens (including phenoxy) is 3. The van der Waals surface area contributed by atoms with E-state index in [1.54, 1.807) is 6.07 Å². The van der Waals surface area contributed by atoms with Crippen LogP contribution < -0.4 is 14.4 Å². The zero-order valence-corrected chi connectivity index (χ0v) is 11.9. The van der Waals surface area contributed by atoms with Crippen molar-refractivity contribution in [2.45, 2.75) is 6.42 Å². The molecule has 6 heteroatoms. The molecule has 0 radical (unpaired) electrons. The van der Waals surface area contributed by atoms with E-state index in [0.29, 0.717) is 17.4 Å². The van der Waals surface area contributed by atoms with Crippen molar-refractivity contribution in [3.63, 3.8) is 0 Å². The fraction of sp³-hybridized carbons (Fsp3) is 0.462. The number of hydrogen-bond acceptors (Lipinski definition) is 5. The van der Waals surface area contributed by atoms with Crippen molar-refractivity contribution in [1.82, 2.24) is 0 Å². The number of hydrogen-bond donors (Lipinski definition) is 0. The molecule has 104 valence electrons. The van der Waals surface area contributed by atoms with Crippen molar-refractivity contribution >= 4 is 23.3 Å². The van der Waals surface area contributed by atoms with Gasteiger partial charge in [-0.05, 0) is 12.5 Å². The van der Waals surface area contributed by atoms with Gasteiger partial charge in [-0.25, -0.2) is 4.79 Å². The summed E-state index contributed by atoms with van der Waals surface area (Å²) < 4.78 is 15.7. The molecule has 0 aromatic heterocycles. The Bertz CT molecular complexity index is 504. The first-order valence-electron chi connectivity index (χ1n) is 5.93. The third kappa shape index (κ3) is 2.42. The summed E-state index contributed by atoms with van der Waals surface area (Å²) in [5.74, 6) is 0.224. The minimum atomic E-state index is -0.522. The number of methoxy groups -OCH3 is 2.